The molecule has 0 saturated heterocycles. The van der Waals surface area contributed by atoms with Crippen LogP contribution in [-0.2, 0) is 27.8 Å². The van der Waals surface area contributed by atoms with Crippen molar-refractivity contribution in [3.05, 3.63) is 47.5 Å². The van der Waals surface area contributed by atoms with Gasteiger partial charge in [0.15, 0.2) is 0 Å². The molecule has 1 heterocycles. The minimum absolute atomic E-state index is 0.0368. The van der Waals surface area contributed by atoms with E-state index in [2.05, 4.69) is 0 Å². The first-order valence-electron chi connectivity index (χ1n) is 9.36. The summed E-state index contributed by atoms with van der Waals surface area (Å²) in [6.45, 7) is 2.34. The second-order valence-corrected chi connectivity index (χ2v) is 9.05. The number of aryl methyl sites for hydroxylation is 1. The summed E-state index contributed by atoms with van der Waals surface area (Å²) in [5.41, 5.74) is 2.41. The highest BCUT2D eigenvalue weighted by Crippen LogP contribution is 2.31. The fourth-order valence-electron chi connectivity index (χ4n) is 3.55. The Kier molecular flexibility index (Phi) is 6.14. The lowest BCUT2D eigenvalue weighted by atomic mass is 10.0. The zero-order valence-corrected chi connectivity index (χ0v) is 18.0. The van der Waals surface area contributed by atoms with Gasteiger partial charge in [-0.2, -0.15) is 4.31 Å². The van der Waals surface area contributed by atoms with Gasteiger partial charge in [-0.1, -0.05) is 6.07 Å². The Morgan fingerprint density at radius 3 is 2.55 bits per heavy atom. The number of rotatable bonds is 6. The average molecular weight is 419 g/mol. The molecule has 0 fully saturated rings. The molecule has 3 rings (SSSR count). The maximum absolute atomic E-state index is 13.1. The van der Waals surface area contributed by atoms with E-state index in [9.17, 15) is 13.2 Å². The third-order valence-electron chi connectivity index (χ3n) is 5.15. The van der Waals surface area contributed by atoms with Crippen molar-refractivity contribution in [1.29, 1.82) is 0 Å². The summed E-state index contributed by atoms with van der Waals surface area (Å²) in [4.78, 5) is 13.8. The van der Waals surface area contributed by atoms with Crippen LogP contribution in [0.2, 0.25) is 0 Å². The van der Waals surface area contributed by atoms with Gasteiger partial charge in [-0.15, -0.1) is 0 Å². The third-order valence-corrected chi connectivity index (χ3v) is 6.94. The number of carbonyl (C=O) groups is 1. The van der Waals surface area contributed by atoms with Gasteiger partial charge in [-0.25, -0.2) is 8.42 Å². The quantitative estimate of drug-likeness (QED) is 0.721. The molecule has 1 aliphatic heterocycles. The summed E-state index contributed by atoms with van der Waals surface area (Å²) in [7, 11) is 0.939. The molecular formula is C21H26N2O5S. The Balaban J connectivity index is 1.88. The minimum atomic E-state index is -3.71. The van der Waals surface area contributed by atoms with Crippen LogP contribution in [-0.4, -0.2) is 46.4 Å². The van der Waals surface area contributed by atoms with Crippen LogP contribution in [0.25, 0.3) is 0 Å². The van der Waals surface area contributed by atoms with E-state index in [1.54, 1.807) is 55.5 Å². The van der Waals surface area contributed by atoms with Crippen LogP contribution < -0.4 is 14.4 Å². The molecule has 0 aromatic heterocycles. The predicted molar refractivity (Wildman–Crippen MR) is 111 cm³/mol. The van der Waals surface area contributed by atoms with Gasteiger partial charge in [0, 0.05) is 44.4 Å². The topological polar surface area (TPSA) is 76.2 Å². The third kappa shape index (κ3) is 4.23. The van der Waals surface area contributed by atoms with Gasteiger partial charge >= 0.3 is 0 Å². The fraction of sp³-hybridized carbons (Fsp3) is 0.381. The Bertz CT molecular complexity index is 1020. The number of carbonyl (C=O) groups excluding carboxylic acids is 1. The van der Waals surface area contributed by atoms with Crippen molar-refractivity contribution in [3.8, 4) is 11.5 Å². The van der Waals surface area contributed by atoms with E-state index in [4.69, 9.17) is 9.47 Å². The summed E-state index contributed by atoms with van der Waals surface area (Å²) < 4.78 is 38.1. The molecular weight excluding hydrogens is 392 g/mol. The number of methoxy groups -OCH3 is 2. The van der Waals surface area contributed by atoms with Crippen molar-refractivity contribution in [2.24, 2.45) is 0 Å². The normalized spacial score (nSPS) is 13.9. The van der Waals surface area contributed by atoms with Crippen LogP contribution in [0, 0.1) is 0 Å². The maximum atomic E-state index is 13.1. The molecule has 8 heteroatoms. The summed E-state index contributed by atoms with van der Waals surface area (Å²) in [6.07, 6.45) is 1.56. The molecule has 2 aromatic rings. The highest BCUT2D eigenvalue weighted by molar-refractivity contribution is 7.89. The lowest BCUT2D eigenvalue weighted by molar-refractivity contribution is -0.116. The predicted octanol–water partition coefficient (Wildman–Crippen LogP) is 2.82. The Hall–Kier alpha value is -2.58. The van der Waals surface area contributed by atoms with E-state index < -0.39 is 10.0 Å². The fourth-order valence-corrected chi connectivity index (χ4v) is 4.75. The smallest absolute Gasteiger partial charge is 0.243 e. The van der Waals surface area contributed by atoms with Gasteiger partial charge in [-0.05, 0) is 42.7 Å². The molecule has 2 aromatic carbocycles. The summed E-state index contributed by atoms with van der Waals surface area (Å²) in [6, 6.07) is 10.3. The first-order chi connectivity index (χ1) is 13.8. The molecule has 7 nitrogen and oxygen atoms in total. The van der Waals surface area contributed by atoms with Crippen molar-refractivity contribution in [2.75, 3.05) is 32.7 Å². The maximum Gasteiger partial charge on any atom is 0.243 e. The average Bonchev–Trinajstić information content (AvgIpc) is 2.72. The number of amides is 1. The Morgan fingerprint density at radius 2 is 1.90 bits per heavy atom. The zero-order chi connectivity index (χ0) is 21.2. The van der Waals surface area contributed by atoms with Crippen molar-refractivity contribution < 1.29 is 22.7 Å². The van der Waals surface area contributed by atoms with Gasteiger partial charge in [0.2, 0.25) is 15.9 Å². The standard InChI is InChI=1S/C21H26N2O5S/c1-15(24)23-11-5-6-16-12-19(9-10-20(16)23)29(25,26)22(2)14-17-7-8-18(27-3)13-21(17)28-4/h7-10,12-13H,5-6,11,14H2,1-4H3. The lowest BCUT2D eigenvalue weighted by Gasteiger charge is -2.29. The number of hydrogen-bond donors (Lipinski definition) is 0. The lowest BCUT2D eigenvalue weighted by Crippen LogP contribution is -2.34. The summed E-state index contributed by atoms with van der Waals surface area (Å²) in [5.74, 6) is 1.17. The van der Waals surface area contributed by atoms with Gasteiger partial charge in [0.05, 0.1) is 19.1 Å². The van der Waals surface area contributed by atoms with E-state index in [0.29, 0.717) is 18.0 Å². The summed E-state index contributed by atoms with van der Waals surface area (Å²) in [5, 5.41) is 0. The molecule has 1 aliphatic rings. The Morgan fingerprint density at radius 1 is 1.14 bits per heavy atom. The number of ether oxygens (including phenoxy) is 2. The molecule has 0 saturated carbocycles. The number of fused-ring (bicyclic) bond motifs is 1. The van der Waals surface area contributed by atoms with E-state index in [1.807, 2.05) is 0 Å². The highest BCUT2D eigenvalue weighted by atomic mass is 32.2. The van der Waals surface area contributed by atoms with Crippen molar-refractivity contribution >= 4 is 21.6 Å². The molecule has 29 heavy (non-hydrogen) atoms. The van der Waals surface area contributed by atoms with Crippen molar-refractivity contribution in [2.45, 2.75) is 31.2 Å². The first kappa shape index (κ1) is 21.1. The van der Waals surface area contributed by atoms with Crippen LogP contribution in [0.1, 0.15) is 24.5 Å². The van der Waals surface area contributed by atoms with E-state index in [1.165, 1.54) is 18.3 Å². The second kappa shape index (κ2) is 8.42. The molecule has 156 valence electrons. The molecule has 1 amide bonds. The van der Waals surface area contributed by atoms with Gasteiger partial charge in [0.25, 0.3) is 0 Å². The van der Waals surface area contributed by atoms with Crippen molar-refractivity contribution in [1.82, 2.24) is 4.31 Å². The molecule has 0 N–H and O–H groups in total. The van der Waals surface area contributed by atoms with E-state index in [0.717, 1.165) is 29.7 Å². The number of benzene rings is 2. The largest absolute Gasteiger partial charge is 0.497 e. The number of sulfonamides is 1. The van der Waals surface area contributed by atoms with E-state index >= 15 is 0 Å². The SMILES string of the molecule is COc1ccc(CN(C)S(=O)(=O)c2ccc3c(c2)CCCN3C(C)=O)c(OC)c1. The van der Waals surface area contributed by atoms with Crippen LogP contribution >= 0.6 is 0 Å². The molecule has 0 radical (unpaired) electrons. The first-order valence-corrected chi connectivity index (χ1v) is 10.8. The second-order valence-electron chi connectivity index (χ2n) is 7.00. The summed E-state index contributed by atoms with van der Waals surface area (Å²) >= 11 is 0. The van der Waals surface area contributed by atoms with Gasteiger partial charge < -0.3 is 14.4 Å². The van der Waals surface area contributed by atoms with Crippen molar-refractivity contribution in [3.63, 3.8) is 0 Å². The zero-order valence-electron chi connectivity index (χ0n) is 17.1. The van der Waals surface area contributed by atoms with E-state index in [-0.39, 0.29) is 17.3 Å². The molecule has 0 unspecified atom stereocenters. The minimum Gasteiger partial charge on any atom is -0.497 e. The Labute approximate surface area is 171 Å². The monoisotopic (exact) mass is 418 g/mol. The van der Waals surface area contributed by atoms with Gasteiger partial charge in [0.1, 0.15) is 11.5 Å². The number of hydrogen-bond acceptors (Lipinski definition) is 5. The van der Waals surface area contributed by atoms with Crippen LogP contribution in [0.4, 0.5) is 5.69 Å². The van der Waals surface area contributed by atoms with Gasteiger partial charge in [-0.3, -0.25) is 4.79 Å². The molecule has 0 atom stereocenters. The number of nitrogens with zero attached hydrogens (tertiary/aromatic N) is 2. The molecule has 0 bridgehead atoms. The van der Waals surface area contributed by atoms with Crippen LogP contribution in [0.3, 0.4) is 0 Å². The number of anilines is 1. The highest BCUT2D eigenvalue weighted by Gasteiger charge is 2.26. The van der Waals surface area contributed by atoms with Crippen LogP contribution in [0.5, 0.6) is 11.5 Å². The molecule has 0 spiro atoms. The van der Waals surface area contributed by atoms with Crippen LogP contribution in [0.15, 0.2) is 41.3 Å². The molecule has 0 aliphatic carbocycles.